The minimum atomic E-state index is -0.361. The zero-order chi connectivity index (χ0) is 17.3. The van der Waals surface area contributed by atoms with E-state index < -0.39 is 0 Å². The lowest BCUT2D eigenvalue weighted by atomic mass is 10.1. The van der Waals surface area contributed by atoms with Crippen molar-refractivity contribution in [3.05, 3.63) is 59.3 Å². The number of phenols is 1. The molecule has 120 valence electrons. The molecule has 1 N–H and O–H groups in total. The van der Waals surface area contributed by atoms with Crippen LogP contribution in [0.2, 0.25) is 0 Å². The lowest BCUT2D eigenvalue weighted by molar-refractivity contribution is 0.0526. The van der Waals surface area contributed by atoms with Crippen molar-refractivity contribution in [1.29, 1.82) is 5.26 Å². The van der Waals surface area contributed by atoms with Gasteiger partial charge < -0.3 is 14.4 Å². The van der Waals surface area contributed by atoms with Crippen LogP contribution >= 0.6 is 0 Å². The summed E-state index contributed by atoms with van der Waals surface area (Å²) in [5.41, 5.74) is 3.33. The van der Waals surface area contributed by atoms with Crippen LogP contribution in [0, 0.1) is 18.3 Å². The summed E-state index contributed by atoms with van der Waals surface area (Å²) in [6.45, 7) is 3.90. The van der Waals surface area contributed by atoms with E-state index in [9.17, 15) is 15.2 Å². The van der Waals surface area contributed by atoms with Gasteiger partial charge in [0.25, 0.3) is 0 Å². The Balaban J connectivity index is 2.11. The van der Waals surface area contributed by atoms with Gasteiger partial charge in [-0.15, -0.1) is 0 Å². The molecule has 3 aromatic rings. The fourth-order valence-electron chi connectivity index (χ4n) is 2.64. The molecule has 0 saturated carbocycles. The van der Waals surface area contributed by atoms with Gasteiger partial charge in [0, 0.05) is 17.3 Å². The zero-order valence-corrected chi connectivity index (χ0v) is 13.4. The molecule has 3 rings (SSSR count). The van der Waals surface area contributed by atoms with Crippen LogP contribution in [0.15, 0.2) is 42.6 Å². The summed E-state index contributed by atoms with van der Waals surface area (Å²) in [4.78, 5) is 11.7. The highest BCUT2D eigenvalue weighted by Crippen LogP contribution is 2.30. The van der Waals surface area contributed by atoms with E-state index in [0.717, 1.165) is 16.8 Å². The molecule has 0 spiro atoms. The molecule has 0 aliphatic heterocycles. The van der Waals surface area contributed by atoms with Crippen molar-refractivity contribution < 1.29 is 14.6 Å². The molecule has 0 radical (unpaired) electrons. The highest BCUT2D eigenvalue weighted by atomic mass is 16.5. The number of hydrogen-bond donors (Lipinski definition) is 1. The van der Waals surface area contributed by atoms with Crippen LogP contribution < -0.4 is 0 Å². The van der Waals surface area contributed by atoms with E-state index >= 15 is 0 Å². The number of aromatic nitrogens is 1. The van der Waals surface area contributed by atoms with Gasteiger partial charge in [0.15, 0.2) is 0 Å². The molecule has 2 aromatic carbocycles. The van der Waals surface area contributed by atoms with Crippen LogP contribution in [0.25, 0.3) is 16.6 Å². The summed E-state index contributed by atoms with van der Waals surface area (Å²) >= 11 is 0. The number of ether oxygens (including phenoxy) is 1. The van der Waals surface area contributed by atoms with Gasteiger partial charge in [-0.05, 0) is 55.8 Å². The van der Waals surface area contributed by atoms with Crippen molar-refractivity contribution in [2.75, 3.05) is 6.61 Å². The lowest BCUT2D eigenvalue weighted by Crippen LogP contribution is -2.04. The molecule has 0 saturated heterocycles. The number of nitriles is 1. The largest absolute Gasteiger partial charge is 0.508 e. The summed E-state index contributed by atoms with van der Waals surface area (Å²) in [5.74, 6) is -0.200. The Morgan fingerprint density at radius 2 is 2.00 bits per heavy atom. The number of nitrogens with zero attached hydrogens (tertiary/aromatic N) is 2. The monoisotopic (exact) mass is 320 g/mol. The third-order valence-corrected chi connectivity index (χ3v) is 3.90. The average molecular weight is 320 g/mol. The highest BCUT2D eigenvalue weighted by molar-refractivity contribution is 5.91. The summed E-state index contributed by atoms with van der Waals surface area (Å²) in [5, 5.41) is 19.9. The van der Waals surface area contributed by atoms with Crippen LogP contribution in [0.5, 0.6) is 5.75 Å². The Morgan fingerprint density at radius 3 is 2.62 bits per heavy atom. The van der Waals surface area contributed by atoms with E-state index in [-0.39, 0.29) is 11.7 Å². The molecule has 0 fully saturated rings. The summed E-state index contributed by atoms with van der Waals surface area (Å²) < 4.78 is 6.85. The topological polar surface area (TPSA) is 75.2 Å². The first kappa shape index (κ1) is 15.6. The maximum Gasteiger partial charge on any atom is 0.338 e. The highest BCUT2D eigenvalue weighted by Gasteiger charge is 2.13. The van der Waals surface area contributed by atoms with Gasteiger partial charge >= 0.3 is 5.97 Å². The minimum absolute atomic E-state index is 0.161. The van der Waals surface area contributed by atoms with Gasteiger partial charge in [-0.25, -0.2) is 4.79 Å². The van der Waals surface area contributed by atoms with Gasteiger partial charge in [0.05, 0.1) is 23.3 Å². The fraction of sp³-hybridized carbons (Fsp3) is 0.158. The van der Waals surface area contributed by atoms with E-state index in [1.165, 1.54) is 0 Å². The first-order chi connectivity index (χ1) is 11.5. The summed E-state index contributed by atoms with van der Waals surface area (Å²) in [6, 6.07) is 12.6. The molecular weight excluding hydrogens is 304 g/mol. The zero-order valence-electron chi connectivity index (χ0n) is 13.4. The van der Waals surface area contributed by atoms with Gasteiger partial charge in [-0.1, -0.05) is 0 Å². The normalized spacial score (nSPS) is 10.5. The number of carbonyl (C=O) groups is 1. The Morgan fingerprint density at radius 1 is 1.29 bits per heavy atom. The summed E-state index contributed by atoms with van der Waals surface area (Å²) in [7, 11) is 0. The number of benzene rings is 2. The van der Waals surface area contributed by atoms with Crippen molar-refractivity contribution in [1.82, 2.24) is 4.57 Å². The minimum Gasteiger partial charge on any atom is -0.508 e. The molecule has 0 amide bonds. The molecule has 0 aliphatic carbocycles. The van der Waals surface area contributed by atoms with Crippen LogP contribution in [0.4, 0.5) is 0 Å². The first-order valence-corrected chi connectivity index (χ1v) is 7.57. The second kappa shape index (κ2) is 6.09. The Labute approximate surface area is 139 Å². The number of phenolic OH excluding ortho intramolecular Hbond substituents is 1. The number of esters is 1. The number of fused-ring (bicyclic) bond motifs is 1. The molecule has 5 nitrogen and oxygen atoms in total. The average Bonchev–Trinajstić information content (AvgIpc) is 2.93. The second-order valence-electron chi connectivity index (χ2n) is 5.45. The van der Waals surface area contributed by atoms with Gasteiger partial charge in [0.1, 0.15) is 11.8 Å². The third-order valence-electron chi connectivity index (χ3n) is 3.90. The predicted molar refractivity (Wildman–Crippen MR) is 90.3 cm³/mol. The maximum absolute atomic E-state index is 11.7. The predicted octanol–water partition coefficient (Wildman–Crippen LogP) is 3.69. The number of carbonyl (C=O) groups excluding carboxylic acids is 1. The molecule has 1 heterocycles. The SMILES string of the molecule is CCOC(=O)c1ccc(-n2cc(C#N)c3cc(O)c(C)cc32)cc1. The van der Waals surface area contributed by atoms with Gasteiger partial charge in [-0.3, -0.25) is 0 Å². The molecule has 0 unspecified atom stereocenters. The number of aromatic hydroxyl groups is 1. The van der Waals surface area contributed by atoms with Crippen LogP contribution in [0.1, 0.15) is 28.4 Å². The van der Waals surface area contributed by atoms with Crippen molar-refractivity contribution in [2.24, 2.45) is 0 Å². The molecule has 5 heteroatoms. The van der Waals surface area contributed by atoms with E-state index in [1.54, 1.807) is 43.5 Å². The standard InChI is InChI=1S/C19H16N2O3/c1-3-24-19(23)13-4-6-15(7-5-13)21-11-14(10-20)16-9-18(22)12(2)8-17(16)21/h4-9,11,22H,3H2,1-2H3. The Hall–Kier alpha value is -3.26. The molecular formula is C19H16N2O3. The molecule has 24 heavy (non-hydrogen) atoms. The molecule has 0 atom stereocenters. The van der Waals surface area contributed by atoms with Gasteiger partial charge in [-0.2, -0.15) is 5.26 Å². The van der Waals surface area contributed by atoms with Crippen LogP contribution in [-0.4, -0.2) is 22.2 Å². The van der Waals surface area contributed by atoms with E-state index in [1.807, 2.05) is 17.6 Å². The second-order valence-corrected chi connectivity index (χ2v) is 5.45. The quantitative estimate of drug-likeness (QED) is 0.747. The Kier molecular flexibility index (Phi) is 3.97. The molecule has 0 aliphatic rings. The number of aryl methyl sites for hydroxylation is 1. The van der Waals surface area contributed by atoms with Crippen molar-refractivity contribution in [3.63, 3.8) is 0 Å². The third kappa shape index (κ3) is 2.59. The van der Waals surface area contributed by atoms with Crippen LogP contribution in [-0.2, 0) is 4.74 Å². The van der Waals surface area contributed by atoms with E-state index in [2.05, 4.69) is 6.07 Å². The van der Waals surface area contributed by atoms with E-state index in [4.69, 9.17) is 4.74 Å². The Bertz CT molecular complexity index is 963. The molecule has 1 aromatic heterocycles. The maximum atomic E-state index is 11.7. The fourth-order valence-corrected chi connectivity index (χ4v) is 2.64. The first-order valence-electron chi connectivity index (χ1n) is 7.57. The molecule has 0 bridgehead atoms. The smallest absolute Gasteiger partial charge is 0.338 e. The van der Waals surface area contributed by atoms with Crippen LogP contribution in [0.3, 0.4) is 0 Å². The summed E-state index contributed by atoms with van der Waals surface area (Å²) in [6.07, 6.45) is 1.73. The number of rotatable bonds is 3. The lowest BCUT2D eigenvalue weighted by Gasteiger charge is -2.08. The van der Waals surface area contributed by atoms with Crippen molar-refractivity contribution >= 4 is 16.9 Å². The van der Waals surface area contributed by atoms with Crippen molar-refractivity contribution in [2.45, 2.75) is 13.8 Å². The van der Waals surface area contributed by atoms with Crippen molar-refractivity contribution in [3.8, 4) is 17.5 Å². The van der Waals surface area contributed by atoms with Gasteiger partial charge in [0.2, 0.25) is 0 Å². The van der Waals surface area contributed by atoms with E-state index in [0.29, 0.717) is 23.1 Å². The number of hydrogen-bond acceptors (Lipinski definition) is 4.